The van der Waals surface area contributed by atoms with E-state index in [2.05, 4.69) is 74.8 Å². The Morgan fingerprint density at radius 2 is 1.93 bits per heavy atom. The lowest BCUT2D eigenvalue weighted by atomic mass is 10.1. The summed E-state index contributed by atoms with van der Waals surface area (Å²) in [6.07, 6.45) is 1.24. The fourth-order valence-electron chi connectivity index (χ4n) is 3.80. The van der Waals surface area contributed by atoms with Crippen LogP contribution in [-0.2, 0) is 6.54 Å². The zero-order valence-corrected chi connectivity index (χ0v) is 18.3. The number of guanidine groups is 1. The van der Waals surface area contributed by atoms with Crippen LogP contribution >= 0.6 is 0 Å². The average molecular weight is 398 g/mol. The Morgan fingerprint density at radius 3 is 2.69 bits per heavy atom. The maximum Gasteiger partial charge on any atom is 0.191 e. The minimum Gasteiger partial charge on any atom is -0.355 e. The van der Waals surface area contributed by atoms with Crippen molar-refractivity contribution in [1.29, 1.82) is 0 Å². The van der Waals surface area contributed by atoms with Gasteiger partial charge in [0.25, 0.3) is 0 Å². The van der Waals surface area contributed by atoms with Crippen LogP contribution in [0.4, 0.5) is 0 Å². The van der Waals surface area contributed by atoms with E-state index in [1.54, 1.807) is 0 Å². The van der Waals surface area contributed by atoms with Gasteiger partial charge in [-0.2, -0.15) is 5.10 Å². The van der Waals surface area contributed by atoms with Crippen molar-refractivity contribution < 1.29 is 0 Å². The second-order valence-electron chi connectivity index (χ2n) is 7.82. The highest BCUT2D eigenvalue weighted by molar-refractivity contribution is 5.79. The standard InChI is InChI=1S/C22H35N7/c1-18-16-19(2)29(26-18)21-9-6-5-8-20(21)17-25-22(23-3)24-10-13-28-12-7-11-27(4)14-15-28/h5-6,8-9,16H,7,10-15,17H2,1-4H3,(H2,23,24,25). The number of rotatable bonds is 6. The van der Waals surface area contributed by atoms with Gasteiger partial charge in [-0.3, -0.25) is 4.99 Å². The number of likely N-dealkylation sites (N-methyl/N-ethyl adjacent to an activating group) is 1. The summed E-state index contributed by atoms with van der Waals surface area (Å²) in [6.45, 7) is 11.4. The Hall–Kier alpha value is -2.38. The van der Waals surface area contributed by atoms with Crippen LogP contribution in [0.5, 0.6) is 0 Å². The molecule has 0 atom stereocenters. The second kappa shape index (κ2) is 10.4. The SMILES string of the molecule is CN=C(NCCN1CCCN(C)CC1)NCc1ccccc1-n1nc(C)cc1C. The molecule has 1 fully saturated rings. The number of nitrogens with zero attached hydrogens (tertiary/aromatic N) is 5. The first kappa shape index (κ1) is 21.3. The summed E-state index contributed by atoms with van der Waals surface area (Å²) < 4.78 is 2.01. The van der Waals surface area contributed by atoms with Gasteiger partial charge in [0.05, 0.1) is 11.4 Å². The highest BCUT2D eigenvalue weighted by Crippen LogP contribution is 2.16. The van der Waals surface area contributed by atoms with E-state index in [0.717, 1.165) is 49.2 Å². The first-order valence-electron chi connectivity index (χ1n) is 10.5. The van der Waals surface area contributed by atoms with Crippen LogP contribution in [0.1, 0.15) is 23.4 Å². The molecule has 0 radical (unpaired) electrons. The maximum absolute atomic E-state index is 4.64. The van der Waals surface area contributed by atoms with Gasteiger partial charge in [-0.05, 0) is 58.1 Å². The molecule has 1 saturated heterocycles. The minimum atomic E-state index is 0.697. The molecule has 0 unspecified atom stereocenters. The molecular formula is C22H35N7. The molecule has 0 aliphatic carbocycles. The highest BCUT2D eigenvalue weighted by atomic mass is 15.3. The first-order chi connectivity index (χ1) is 14.1. The summed E-state index contributed by atoms with van der Waals surface area (Å²) in [6, 6.07) is 10.5. The van der Waals surface area contributed by atoms with Crippen LogP contribution in [0.3, 0.4) is 0 Å². The van der Waals surface area contributed by atoms with Gasteiger partial charge in [-0.15, -0.1) is 0 Å². The van der Waals surface area contributed by atoms with E-state index in [4.69, 9.17) is 0 Å². The summed E-state index contributed by atoms with van der Waals surface area (Å²) in [5, 5.41) is 11.5. The fourth-order valence-corrected chi connectivity index (χ4v) is 3.80. The van der Waals surface area contributed by atoms with Gasteiger partial charge < -0.3 is 20.4 Å². The van der Waals surface area contributed by atoms with E-state index in [-0.39, 0.29) is 0 Å². The topological polar surface area (TPSA) is 60.7 Å². The van der Waals surface area contributed by atoms with Gasteiger partial charge in [0, 0.05) is 45.5 Å². The van der Waals surface area contributed by atoms with Crippen LogP contribution in [0.25, 0.3) is 5.69 Å². The first-order valence-corrected chi connectivity index (χ1v) is 10.5. The monoisotopic (exact) mass is 397 g/mol. The van der Waals surface area contributed by atoms with E-state index < -0.39 is 0 Å². The minimum absolute atomic E-state index is 0.697. The smallest absolute Gasteiger partial charge is 0.191 e. The molecule has 0 bridgehead atoms. The zero-order chi connectivity index (χ0) is 20.6. The molecule has 1 aliphatic rings. The Balaban J connectivity index is 1.53. The van der Waals surface area contributed by atoms with Gasteiger partial charge in [0.2, 0.25) is 0 Å². The number of aliphatic imine (C=N–C) groups is 1. The van der Waals surface area contributed by atoms with Crippen LogP contribution < -0.4 is 10.6 Å². The van der Waals surface area contributed by atoms with Gasteiger partial charge in [0.15, 0.2) is 5.96 Å². The van der Waals surface area contributed by atoms with E-state index in [9.17, 15) is 0 Å². The van der Waals surface area contributed by atoms with E-state index in [1.807, 2.05) is 18.7 Å². The molecule has 7 heteroatoms. The zero-order valence-electron chi connectivity index (χ0n) is 18.3. The fraction of sp³-hybridized carbons (Fsp3) is 0.545. The molecule has 1 aliphatic heterocycles. The molecule has 7 nitrogen and oxygen atoms in total. The lowest BCUT2D eigenvalue weighted by molar-refractivity contribution is 0.280. The third-order valence-electron chi connectivity index (χ3n) is 5.43. The molecule has 29 heavy (non-hydrogen) atoms. The molecule has 0 amide bonds. The summed E-state index contributed by atoms with van der Waals surface area (Å²) in [5.41, 5.74) is 4.47. The van der Waals surface area contributed by atoms with Crippen LogP contribution in [0.2, 0.25) is 0 Å². The molecule has 2 N–H and O–H groups in total. The van der Waals surface area contributed by atoms with E-state index >= 15 is 0 Å². The summed E-state index contributed by atoms with van der Waals surface area (Å²) in [5.74, 6) is 0.833. The molecule has 1 aromatic carbocycles. The molecule has 2 aromatic rings. The van der Waals surface area contributed by atoms with Crippen molar-refractivity contribution in [3.8, 4) is 5.69 Å². The van der Waals surface area contributed by atoms with Gasteiger partial charge in [-0.25, -0.2) is 4.68 Å². The summed E-state index contributed by atoms with van der Waals surface area (Å²) >= 11 is 0. The third kappa shape index (κ3) is 6.05. The molecule has 0 saturated carbocycles. The number of hydrogen-bond donors (Lipinski definition) is 2. The number of benzene rings is 1. The number of hydrogen-bond acceptors (Lipinski definition) is 4. The lowest BCUT2D eigenvalue weighted by Crippen LogP contribution is -2.42. The molecule has 158 valence electrons. The van der Waals surface area contributed by atoms with Gasteiger partial charge in [-0.1, -0.05) is 18.2 Å². The van der Waals surface area contributed by atoms with Crippen LogP contribution in [-0.4, -0.2) is 78.9 Å². The third-order valence-corrected chi connectivity index (χ3v) is 5.43. The Kier molecular flexibility index (Phi) is 7.66. The molecule has 0 spiro atoms. The van der Waals surface area contributed by atoms with Gasteiger partial charge in [0.1, 0.15) is 0 Å². The summed E-state index contributed by atoms with van der Waals surface area (Å²) in [4.78, 5) is 9.33. The quantitative estimate of drug-likeness (QED) is 0.575. The molecular weight excluding hydrogens is 362 g/mol. The Labute approximate surface area is 174 Å². The Bertz CT molecular complexity index is 811. The average Bonchev–Trinajstić information content (AvgIpc) is 2.91. The van der Waals surface area contributed by atoms with Crippen molar-refractivity contribution in [2.45, 2.75) is 26.8 Å². The van der Waals surface area contributed by atoms with Crippen LogP contribution in [0, 0.1) is 13.8 Å². The van der Waals surface area contributed by atoms with E-state index in [0.29, 0.717) is 6.54 Å². The van der Waals surface area contributed by atoms with Crippen molar-refractivity contribution in [3.63, 3.8) is 0 Å². The van der Waals surface area contributed by atoms with E-state index in [1.165, 1.54) is 25.1 Å². The maximum atomic E-state index is 4.64. The molecule has 1 aromatic heterocycles. The molecule has 2 heterocycles. The number of aryl methyl sites for hydroxylation is 2. The number of aromatic nitrogens is 2. The second-order valence-corrected chi connectivity index (χ2v) is 7.82. The lowest BCUT2D eigenvalue weighted by Gasteiger charge is -2.21. The van der Waals surface area contributed by atoms with Crippen molar-refractivity contribution in [2.24, 2.45) is 4.99 Å². The largest absolute Gasteiger partial charge is 0.355 e. The predicted octanol–water partition coefficient (Wildman–Crippen LogP) is 1.79. The number of para-hydroxylation sites is 1. The normalized spacial score (nSPS) is 16.6. The van der Waals surface area contributed by atoms with Crippen molar-refractivity contribution in [3.05, 3.63) is 47.3 Å². The van der Waals surface area contributed by atoms with Crippen molar-refractivity contribution in [1.82, 2.24) is 30.2 Å². The van der Waals surface area contributed by atoms with Gasteiger partial charge >= 0.3 is 0 Å². The summed E-state index contributed by atoms with van der Waals surface area (Å²) in [7, 11) is 4.03. The van der Waals surface area contributed by atoms with Crippen molar-refractivity contribution >= 4 is 5.96 Å². The highest BCUT2D eigenvalue weighted by Gasteiger charge is 2.12. The van der Waals surface area contributed by atoms with Crippen LogP contribution in [0.15, 0.2) is 35.3 Å². The van der Waals surface area contributed by atoms with Crippen molar-refractivity contribution in [2.75, 3.05) is 53.4 Å². The molecule has 3 rings (SSSR count). The number of nitrogens with one attached hydrogen (secondary N) is 2. The predicted molar refractivity (Wildman–Crippen MR) is 120 cm³/mol. The Morgan fingerprint density at radius 1 is 1.10 bits per heavy atom.